The zero-order valence-electron chi connectivity index (χ0n) is 11.4. The molecular formula is C14H11ClF2N2O3. The van der Waals surface area contributed by atoms with Crippen LogP contribution in [0, 0.1) is 0 Å². The number of hydrogen-bond acceptors (Lipinski definition) is 4. The van der Waals surface area contributed by atoms with Gasteiger partial charge in [0, 0.05) is 17.5 Å². The van der Waals surface area contributed by atoms with Crippen LogP contribution in [0.1, 0.15) is 19.0 Å². The predicted molar refractivity (Wildman–Crippen MR) is 74.5 cm³/mol. The average Bonchev–Trinajstić information content (AvgIpc) is 2.79. The van der Waals surface area contributed by atoms with Crippen LogP contribution in [0.4, 0.5) is 19.5 Å². The van der Waals surface area contributed by atoms with E-state index in [0.29, 0.717) is 5.02 Å². The molecule has 1 aliphatic rings. The van der Waals surface area contributed by atoms with Gasteiger partial charge in [-0.25, -0.2) is 13.6 Å². The summed E-state index contributed by atoms with van der Waals surface area (Å²) in [6.07, 6.45) is -1.11. The summed E-state index contributed by atoms with van der Waals surface area (Å²) >= 11 is 5.71. The van der Waals surface area contributed by atoms with Gasteiger partial charge in [-0.1, -0.05) is 16.8 Å². The summed E-state index contributed by atoms with van der Waals surface area (Å²) in [6, 6.07) is 7.42. The molecule has 0 radical (unpaired) electrons. The molecule has 1 N–H and O–H groups in total. The molecule has 0 bridgehead atoms. The number of benzene rings is 1. The van der Waals surface area contributed by atoms with Crippen molar-refractivity contribution in [2.24, 2.45) is 0 Å². The fraction of sp³-hybridized carbons (Fsp3) is 0.286. The number of rotatable bonds is 3. The number of halogens is 3. The van der Waals surface area contributed by atoms with Crippen LogP contribution in [0.2, 0.25) is 5.02 Å². The Morgan fingerprint density at radius 2 is 2.05 bits per heavy atom. The molecule has 1 atom stereocenters. The molecule has 1 unspecified atom stereocenters. The van der Waals surface area contributed by atoms with Crippen molar-refractivity contribution >= 4 is 23.6 Å². The standard InChI is InChI=1S/C14H11ClF2N2O3/c1-13(7-14(13,16)17)10-6-11(22-19-10)18-12(20)21-9-4-2-8(15)3-5-9/h2-6H,7H2,1H3,(H,18,20). The molecule has 1 amide bonds. The molecule has 5 nitrogen and oxygen atoms in total. The van der Waals surface area contributed by atoms with Gasteiger partial charge >= 0.3 is 6.09 Å². The maximum absolute atomic E-state index is 13.3. The highest BCUT2D eigenvalue weighted by Gasteiger charge is 2.70. The van der Waals surface area contributed by atoms with Gasteiger partial charge < -0.3 is 9.26 Å². The minimum Gasteiger partial charge on any atom is -0.410 e. The van der Waals surface area contributed by atoms with Gasteiger partial charge in [0.05, 0.1) is 11.1 Å². The van der Waals surface area contributed by atoms with Crippen molar-refractivity contribution in [1.29, 1.82) is 0 Å². The lowest BCUT2D eigenvalue weighted by Gasteiger charge is -2.04. The van der Waals surface area contributed by atoms with Crippen LogP contribution in [0.5, 0.6) is 5.75 Å². The molecule has 8 heteroatoms. The number of hydrogen-bond donors (Lipinski definition) is 1. The first kappa shape index (κ1) is 14.8. The van der Waals surface area contributed by atoms with Gasteiger partial charge in [0.1, 0.15) is 5.75 Å². The molecule has 2 aromatic rings. The largest absolute Gasteiger partial charge is 0.419 e. The van der Waals surface area contributed by atoms with E-state index in [1.165, 1.54) is 25.1 Å². The van der Waals surface area contributed by atoms with Crippen LogP contribution in [0.25, 0.3) is 0 Å². The molecule has 3 rings (SSSR count). The summed E-state index contributed by atoms with van der Waals surface area (Å²) in [6.45, 7) is 1.39. The fourth-order valence-electron chi connectivity index (χ4n) is 2.01. The highest BCUT2D eigenvalue weighted by atomic mass is 35.5. The Bertz CT molecular complexity index is 717. The third kappa shape index (κ3) is 2.64. The lowest BCUT2D eigenvalue weighted by Crippen LogP contribution is -2.16. The molecule has 116 valence electrons. The summed E-state index contributed by atoms with van der Waals surface area (Å²) in [4.78, 5) is 11.7. The Kier molecular flexibility index (Phi) is 3.32. The number of amides is 1. The van der Waals surface area contributed by atoms with Crippen molar-refractivity contribution in [3.8, 4) is 5.75 Å². The second-order valence-electron chi connectivity index (χ2n) is 5.26. The number of alkyl halides is 2. The molecule has 0 aliphatic heterocycles. The molecule has 0 spiro atoms. The SMILES string of the molecule is CC1(c2cc(NC(=O)Oc3ccc(Cl)cc3)on2)CC1(F)F. The predicted octanol–water partition coefficient (Wildman–Crippen LogP) is 4.24. The maximum atomic E-state index is 13.3. The summed E-state index contributed by atoms with van der Waals surface area (Å²) in [5, 5.41) is 6.36. The summed E-state index contributed by atoms with van der Waals surface area (Å²) < 4.78 is 36.3. The van der Waals surface area contributed by atoms with Crippen molar-refractivity contribution < 1.29 is 22.8 Å². The zero-order valence-corrected chi connectivity index (χ0v) is 12.2. The van der Waals surface area contributed by atoms with E-state index in [1.807, 2.05) is 0 Å². The highest BCUT2D eigenvalue weighted by Crippen LogP contribution is 2.61. The first-order valence-corrected chi connectivity index (χ1v) is 6.77. The Balaban J connectivity index is 1.63. The van der Waals surface area contributed by atoms with E-state index in [4.69, 9.17) is 20.9 Å². The normalized spacial score (nSPS) is 22.2. The zero-order chi connectivity index (χ0) is 16.0. The Morgan fingerprint density at radius 1 is 1.41 bits per heavy atom. The number of carbonyl (C=O) groups is 1. The molecule has 1 heterocycles. The Labute approximate surface area is 129 Å². The van der Waals surface area contributed by atoms with E-state index in [0.717, 1.165) is 0 Å². The van der Waals surface area contributed by atoms with Crippen molar-refractivity contribution in [3.63, 3.8) is 0 Å². The van der Waals surface area contributed by atoms with E-state index in [2.05, 4.69) is 10.5 Å². The summed E-state index contributed by atoms with van der Waals surface area (Å²) in [5.41, 5.74) is -1.24. The van der Waals surface area contributed by atoms with Gasteiger partial charge in [0.25, 0.3) is 5.92 Å². The average molecular weight is 329 g/mol. The molecular weight excluding hydrogens is 318 g/mol. The van der Waals surface area contributed by atoms with Gasteiger partial charge in [-0.15, -0.1) is 0 Å². The van der Waals surface area contributed by atoms with Crippen LogP contribution in [-0.4, -0.2) is 17.2 Å². The smallest absolute Gasteiger partial charge is 0.410 e. The van der Waals surface area contributed by atoms with Crippen molar-refractivity contribution in [3.05, 3.63) is 41.0 Å². The highest BCUT2D eigenvalue weighted by molar-refractivity contribution is 6.30. The van der Waals surface area contributed by atoms with E-state index < -0.39 is 17.4 Å². The first-order chi connectivity index (χ1) is 10.3. The van der Waals surface area contributed by atoms with Gasteiger partial charge in [-0.2, -0.15) is 0 Å². The molecule has 1 aromatic carbocycles. The maximum Gasteiger partial charge on any atom is 0.419 e. The molecule has 22 heavy (non-hydrogen) atoms. The van der Waals surface area contributed by atoms with E-state index >= 15 is 0 Å². The van der Waals surface area contributed by atoms with Crippen molar-refractivity contribution in [2.45, 2.75) is 24.7 Å². The first-order valence-electron chi connectivity index (χ1n) is 6.40. The molecule has 1 fully saturated rings. The number of nitrogens with one attached hydrogen (secondary N) is 1. The van der Waals surface area contributed by atoms with Gasteiger partial charge in [0.2, 0.25) is 5.88 Å². The van der Waals surface area contributed by atoms with E-state index in [9.17, 15) is 13.6 Å². The van der Waals surface area contributed by atoms with Gasteiger partial charge in [-0.3, -0.25) is 5.32 Å². The molecule has 0 saturated heterocycles. The molecule has 1 aliphatic carbocycles. The number of carbonyl (C=O) groups excluding carboxylic acids is 1. The third-order valence-corrected chi connectivity index (χ3v) is 3.83. The number of ether oxygens (including phenoxy) is 1. The number of aromatic nitrogens is 1. The third-order valence-electron chi connectivity index (χ3n) is 3.58. The second-order valence-corrected chi connectivity index (χ2v) is 5.69. The van der Waals surface area contributed by atoms with Crippen LogP contribution in [0.3, 0.4) is 0 Å². The van der Waals surface area contributed by atoms with E-state index in [-0.39, 0.29) is 23.7 Å². The monoisotopic (exact) mass is 328 g/mol. The van der Waals surface area contributed by atoms with Crippen LogP contribution < -0.4 is 10.1 Å². The van der Waals surface area contributed by atoms with Crippen molar-refractivity contribution in [2.75, 3.05) is 5.32 Å². The quantitative estimate of drug-likeness (QED) is 0.915. The van der Waals surface area contributed by atoms with Gasteiger partial charge in [-0.05, 0) is 31.2 Å². The Morgan fingerprint density at radius 3 is 2.64 bits per heavy atom. The number of anilines is 1. The summed E-state index contributed by atoms with van der Waals surface area (Å²) in [7, 11) is 0. The minimum absolute atomic E-state index is 0.0575. The lowest BCUT2D eigenvalue weighted by atomic mass is 10.1. The second kappa shape index (κ2) is 4.95. The van der Waals surface area contributed by atoms with Crippen molar-refractivity contribution in [1.82, 2.24) is 5.16 Å². The van der Waals surface area contributed by atoms with E-state index in [1.54, 1.807) is 12.1 Å². The number of nitrogens with zero attached hydrogens (tertiary/aromatic N) is 1. The molecule has 1 aromatic heterocycles. The van der Waals surface area contributed by atoms with Crippen LogP contribution in [-0.2, 0) is 5.41 Å². The van der Waals surface area contributed by atoms with Crippen LogP contribution in [0.15, 0.2) is 34.9 Å². The minimum atomic E-state index is -2.80. The van der Waals surface area contributed by atoms with Crippen LogP contribution >= 0.6 is 11.6 Å². The topological polar surface area (TPSA) is 64.4 Å². The van der Waals surface area contributed by atoms with Gasteiger partial charge in [0.15, 0.2) is 0 Å². The molecule has 1 saturated carbocycles. The Hall–Kier alpha value is -2.15. The fourth-order valence-corrected chi connectivity index (χ4v) is 2.13. The summed E-state index contributed by atoms with van der Waals surface area (Å²) in [5.74, 6) is -2.58. The lowest BCUT2D eigenvalue weighted by molar-refractivity contribution is 0.0901.